The summed E-state index contributed by atoms with van der Waals surface area (Å²) < 4.78 is 91.7. The van der Waals surface area contributed by atoms with Gasteiger partial charge in [-0.25, -0.2) is 35.1 Å². The fraction of sp³-hybridized carbons (Fsp3) is 0.600. The summed E-state index contributed by atoms with van der Waals surface area (Å²) in [6, 6.07) is 4.23. The third kappa shape index (κ3) is 8.28. The summed E-state index contributed by atoms with van der Waals surface area (Å²) in [5.74, 6) is -2.17. The maximum atomic E-state index is 15.1. The number of carbonyl (C=O) groups excluding carboxylic acids is 2. The Kier molecular flexibility index (Phi) is 10.4. The number of nitrogens with one attached hydrogen (secondary N) is 2. The van der Waals surface area contributed by atoms with Gasteiger partial charge < -0.3 is 9.47 Å². The van der Waals surface area contributed by atoms with Crippen LogP contribution in [0.3, 0.4) is 0 Å². The number of amides is 2. The molecule has 280 valence electrons. The minimum absolute atomic E-state index is 0.00576. The molecule has 0 radical (unpaired) electrons. The number of rotatable bonds is 11. The molecule has 5 unspecified atom stereocenters. The molecule has 10 nitrogen and oxygen atoms in total. The van der Waals surface area contributed by atoms with Crippen molar-refractivity contribution in [1.82, 2.24) is 9.44 Å². The minimum atomic E-state index is -3.90. The topological polar surface area (TPSA) is 145 Å². The van der Waals surface area contributed by atoms with Gasteiger partial charge in [0.15, 0.2) is 0 Å². The van der Waals surface area contributed by atoms with Crippen molar-refractivity contribution in [1.29, 1.82) is 0 Å². The molecule has 0 heterocycles. The van der Waals surface area contributed by atoms with Gasteiger partial charge in [0, 0.05) is 17.5 Å². The summed E-state index contributed by atoms with van der Waals surface area (Å²) in [5.41, 5.74) is -1.01. The lowest BCUT2D eigenvalue weighted by molar-refractivity contribution is -0.174. The van der Waals surface area contributed by atoms with E-state index in [0.29, 0.717) is 24.4 Å². The second kappa shape index (κ2) is 13.9. The lowest BCUT2D eigenvalue weighted by Gasteiger charge is -2.66. The van der Waals surface area contributed by atoms with Crippen LogP contribution in [0.15, 0.2) is 24.3 Å². The molecule has 51 heavy (non-hydrogen) atoms. The molecule has 5 aliphatic rings. The molecule has 4 bridgehead atoms. The van der Waals surface area contributed by atoms with Crippen LogP contribution >= 0.6 is 23.2 Å². The molecule has 0 aromatic heterocycles. The van der Waals surface area contributed by atoms with Crippen molar-refractivity contribution in [2.45, 2.75) is 77.2 Å². The fourth-order valence-electron chi connectivity index (χ4n) is 9.93. The van der Waals surface area contributed by atoms with Gasteiger partial charge in [0.1, 0.15) is 29.2 Å². The Morgan fingerprint density at radius 3 is 1.92 bits per heavy atom. The van der Waals surface area contributed by atoms with Crippen LogP contribution < -0.4 is 18.9 Å². The number of hydrogen-bond donors (Lipinski definition) is 2. The second-order valence-electron chi connectivity index (χ2n) is 15.4. The van der Waals surface area contributed by atoms with Crippen molar-refractivity contribution >= 4 is 55.1 Å². The molecule has 0 saturated heterocycles. The highest BCUT2D eigenvalue weighted by Gasteiger charge is 2.62. The van der Waals surface area contributed by atoms with Crippen molar-refractivity contribution < 1.29 is 44.7 Å². The van der Waals surface area contributed by atoms with Crippen LogP contribution in [0.2, 0.25) is 10.0 Å². The summed E-state index contributed by atoms with van der Waals surface area (Å²) in [6.07, 6.45) is 11.7. The van der Waals surface area contributed by atoms with Gasteiger partial charge in [0.2, 0.25) is 20.0 Å². The second-order valence-corrected chi connectivity index (χ2v) is 19.7. The van der Waals surface area contributed by atoms with Crippen LogP contribution in [0.25, 0.3) is 0 Å². The van der Waals surface area contributed by atoms with E-state index in [9.17, 15) is 30.8 Å². The normalized spacial score (nSPS) is 29.3. The summed E-state index contributed by atoms with van der Waals surface area (Å²) >= 11 is 12.8. The van der Waals surface area contributed by atoms with Crippen LogP contribution in [0.5, 0.6) is 11.5 Å². The van der Waals surface area contributed by atoms with E-state index in [1.54, 1.807) is 9.44 Å². The molecule has 16 heteroatoms. The molecule has 5 aliphatic carbocycles. The maximum absolute atomic E-state index is 15.1. The minimum Gasteiger partial charge on any atom is -0.492 e. The summed E-state index contributed by atoms with van der Waals surface area (Å²) in [6.45, 7) is 2.33. The standard InChI is InChI=1S/C35H42Cl2F2N2O8S2/c1-19(49-31-12-29(39)25(10-27(31)37)33(43)41-51(3,46)47)34-13-21-7-22(14-34)16-35(15-21,18-34)23-6-4-5-20(8-23)17-48-30-11-28(38)24(9-26(30)36)32(42)40-50(2,44)45/h9-12,19-23H,4-8,13-18H2,1-3H3,(H,40,42)(H,41,43). The molecular weight excluding hydrogens is 749 g/mol. The molecule has 2 aromatic rings. The lowest BCUT2D eigenvalue weighted by atomic mass is 9.40. The first-order chi connectivity index (χ1) is 23.7. The Bertz CT molecular complexity index is 1950. The molecule has 0 aliphatic heterocycles. The largest absolute Gasteiger partial charge is 0.492 e. The van der Waals surface area contributed by atoms with Gasteiger partial charge in [-0.05, 0) is 106 Å². The maximum Gasteiger partial charge on any atom is 0.267 e. The van der Waals surface area contributed by atoms with E-state index in [4.69, 9.17) is 32.7 Å². The molecule has 2 N–H and O–H groups in total. The molecule has 2 amide bonds. The van der Waals surface area contributed by atoms with Crippen LogP contribution in [-0.4, -0.2) is 53.9 Å². The highest BCUT2D eigenvalue weighted by molar-refractivity contribution is 7.89. The number of ether oxygens (including phenoxy) is 2. The molecule has 5 atom stereocenters. The molecule has 2 aromatic carbocycles. The summed E-state index contributed by atoms with van der Waals surface area (Å²) in [7, 11) is -7.79. The van der Waals surface area contributed by atoms with Gasteiger partial charge in [0.05, 0.1) is 40.3 Å². The smallest absolute Gasteiger partial charge is 0.267 e. The van der Waals surface area contributed by atoms with Gasteiger partial charge in [-0.2, -0.15) is 0 Å². The first-order valence-corrected chi connectivity index (χ1v) is 21.6. The monoisotopic (exact) mass is 790 g/mol. The Morgan fingerprint density at radius 2 is 1.37 bits per heavy atom. The van der Waals surface area contributed by atoms with Crippen LogP contribution in [0.1, 0.15) is 91.8 Å². The number of carbonyl (C=O) groups is 2. The third-order valence-corrected chi connectivity index (χ3v) is 13.2. The zero-order chi connectivity index (χ0) is 37.1. The Hall–Kier alpha value is -2.68. The molecule has 7 rings (SSSR count). The quantitative estimate of drug-likeness (QED) is 0.251. The van der Waals surface area contributed by atoms with E-state index in [-0.39, 0.29) is 44.4 Å². The van der Waals surface area contributed by atoms with E-state index in [1.807, 2.05) is 6.92 Å². The zero-order valence-corrected chi connectivity index (χ0v) is 31.7. The van der Waals surface area contributed by atoms with Gasteiger partial charge in [-0.1, -0.05) is 29.6 Å². The SMILES string of the molecule is CC(Oc1cc(F)c(C(=O)NS(C)(=O)=O)cc1Cl)C12CC3CC(CC(C4CCCC(COc5cc(F)c(C(=O)NS(C)(=O)=O)cc5Cl)C4)(C3)C1)C2. The Morgan fingerprint density at radius 1 is 0.843 bits per heavy atom. The predicted molar refractivity (Wildman–Crippen MR) is 188 cm³/mol. The van der Waals surface area contributed by atoms with E-state index < -0.39 is 54.6 Å². The molecule has 5 saturated carbocycles. The van der Waals surface area contributed by atoms with E-state index in [1.165, 1.54) is 6.42 Å². The van der Waals surface area contributed by atoms with E-state index in [0.717, 1.165) is 94.6 Å². The highest BCUT2D eigenvalue weighted by atomic mass is 35.5. The van der Waals surface area contributed by atoms with Crippen LogP contribution in [0, 0.1) is 46.1 Å². The van der Waals surface area contributed by atoms with E-state index in [2.05, 4.69) is 0 Å². The predicted octanol–water partition coefficient (Wildman–Crippen LogP) is 6.89. The fourth-order valence-corrected chi connectivity index (χ4v) is 11.3. The Balaban J connectivity index is 1.14. The first-order valence-electron chi connectivity index (χ1n) is 17.1. The van der Waals surface area contributed by atoms with Crippen molar-refractivity contribution in [3.63, 3.8) is 0 Å². The number of halogens is 4. The van der Waals surface area contributed by atoms with Crippen LogP contribution in [0.4, 0.5) is 8.78 Å². The third-order valence-electron chi connectivity index (χ3n) is 11.5. The first kappa shape index (κ1) is 38.1. The van der Waals surface area contributed by atoms with Gasteiger partial charge in [0.25, 0.3) is 11.8 Å². The molecule has 0 spiro atoms. The van der Waals surface area contributed by atoms with Gasteiger partial charge >= 0.3 is 0 Å². The van der Waals surface area contributed by atoms with Gasteiger partial charge in [-0.3, -0.25) is 9.59 Å². The number of sulfonamides is 2. The Labute approximate surface area is 307 Å². The average Bonchev–Trinajstić information content (AvgIpc) is 3.00. The van der Waals surface area contributed by atoms with Crippen molar-refractivity contribution in [3.8, 4) is 11.5 Å². The molecular formula is C35H42Cl2F2N2O8S2. The highest BCUT2D eigenvalue weighted by Crippen LogP contribution is 2.70. The summed E-state index contributed by atoms with van der Waals surface area (Å²) in [5, 5.41) is 0.0227. The summed E-state index contributed by atoms with van der Waals surface area (Å²) in [4.78, 5) is 24.5. The lowest BCUT2D eigenvalue weighted by Crippen LogP contribution is -2.59. The van der Waals surface area contributed by atoms with Crippen molar-refractivity contribution in [2.24, 2.45) is 34.5 Å². The van der Waals surface area contributed by atoms with Crippen LogP contribution in [-0.2, 0) is 20.0 Å². The van der Waals surface area contributed by atoms with Crippen molar-refractivity contribution in [3.05, 3.63) is 57.1 Å². The molecule has 5 fully saturated rings. The van der Waals surface area contributed by atoms with Gasteiger partial charge in [-0.15, -0.1) is 0 Å². The van der Waals surface area contributed by atoms with E-state index >= 15 is 4.39 Å². The number of benzene rings is 2. The zero-order valence-electron chi connectivity index (χ0n) is 28.6. The number of hydrogen-bond acceptors (Lipinski definition) is 8. The average molecular weight is 792 g/mol. The van der Waals surface area contributed by atoms with Crippen molar-refractivity contribution in [2.75, 3.05) is 19.1 Å².